The van der Waals surface area contributed by atoms with Gasteiger partial charge in [0.1, 0.15) is 5.75 Å². The number of ether oxygens (including phenoxy) is 3. The molecule has 3 aromatic rings. The van der Waals surface area contributed by atoms with Gasteiger partial charge in [0.15, 0.2) is 5.13 Å². The lowest BCUT2D eigenvalue weighted by Crippen LogP contribution is -2.47. The summed E-state index contributed by atoms with van der Waals surface area (Å²) >= 11 is 1.21. The second-order valence-electron chi connectivity index (χ2n) is 9.50. The van der Waals surface area contributed by atoms with Gasteiger partial charge < -0.3 is 24.0 Å². The first-order valence-electron chi connectivity index (χ1n) is 13.1. The summed E-state index contributed by atoms with van der Waals surface area (Å²) in [6.07, 6.45) is -0.150. The van der Waals surface area contributed by atoms with Gasteiger partial charge >= 0.3 is 5.97 Å². The zero-order valence-corrected chi connectivity index (χ0v) is 23.8. The number of pyridine rings is 1. The molecule has 0 atom stereocenters. The predicted molar refractivity (Wildman–Crippen MR) is 150 cm³/mol. The number of piperazine rings is 1. The zero-order chi connectivity index (χ0) is 28.6. The van der Waals surface area contributed by atoms with E-state index in [1.165, 1.54) is 23.5 Å². The molecule has 0 radical (unpaired) electrons. The average Bonchev–Trinajstić information content (AvgIpc) is 3.35. The molecule has 40 heavy (non-hydrogen) atoms. The third kappa shape index (κ3) is 7.99. The molecule has 3 heterocycles. The van der Waals surface area contributed by atoms with Crippen molar-refractivity contribution in [1.82, 2.24) is 19.8 Å². The van der Waals surface area contributed by atoms with Gasteiger partial charge in [-0.3, -0.25) is 19.7 Å². The fourth-order valence-corrected chi connectivity index (χ4v) is 4.62. The van der Waals surface area contributed by atoms with Crippen LogP contribution in [0.15, 0.2) is 41.8 Å². The Morgan fingerprint density at radius 1 is 1.00 bits per heavy atom. The minimum atomic E-state index is -0.439. The number of aromatic nitrogens is 2. The molecule has 0 unspecified atom stereocenters. The fourth-order valence-electron chi connectivity index (χ4n) is 3.92. The minimum absolute atomic E-state index is 0.0170. The van der Waals surface area contributed by atoms with Crippen molar-refractivity contribution >= 4 is 34.3 Å². The van der Waals surface area contributed by atoms with E-state index in [-0.39, 0.29) is 41.7 Å². The van der Waals surface area contributed by atoms with Crippen molar-refractivity contribution in [2.24, 2.45) is 0 Å². The summed E-state index contributed by atoms with van der Waals surface area (Å²) < 4.78 is 16.6. The molecule has 12 heteroatoms. The van der Waals surface area contributed by atoms with E-state index < -0.39 is 5.91 Å². The van der Waals surface area contributed by atoms with Gasteiger partial charge in [-0.25, -0.2) is 4.98 Å². The molecule has 4 rings (SSSR count). The number of amides is 2. The average molecular weight is 568 g/mol. The lowest BCUT2D eigenvalue weighted by atomic mass is 10.1. The van der Waals surface area contributed by atoms with Crippen LogP contribution < -0.4 is 14.8 Å². The van der Waals surface area contributed by atoms with Crippen LogP contribution in [-0.4, -0.2) is 83.5 Å². The molecular formula is C28H33N5O6S. The van der Waals surface area contributed by atoms with Gasteiger partial charge in [0.2, 0.25) is 11.8 Å². The van der Waals surface area contributed by atoms with E-state index in [2.05, 4.69) is 20.2 Å². The van der Waals surface area contributed by atoms with Gasteiger partial charge in [-0.2, -0.15) is 4.98 Å². The van der Waals surface area contributed by atoms with Crippen LogP contribution >= 0.6 is 11.3 Å². The summed E-state index contributed by atoms with van der Waals surface area (Å²) in [5.41, 5.74) is 1.34. The van der Waals surface area contributed by atoms with Crippen molar-refractivity contribution in [2.75, 3.05) is 45.2 Å². The van der Waals surface area contributed by atoms with E-state index in [0.29, 0.717) is 41.8 Å². The Morgan fingerprint density at radius 3 is 2.38 bits per heavy atom. The quantitative estimate of drug-likeness (QED) is 0.364. The summed E-state index contributed by atoms with van der Waals surface area (Å²) in [5, 5.41) is 4.78. The third-order valence-corrected chi connectivity index (χ3v) is 6.72. The van der Waals surface area contributed by atoms with Crippen LogP contribution in [0.2, 0.25) is 0 Å². The number of anilines is 1. The number of likely N-dealkylation sites (N-methyl/N-ethyl adjacent to an activating group) is 1. The molecule has 1 aromatic carbocycles. The maximum atomic E-state index is 13.1. The second kappa shape index (κ2) is 13.4. The van der Waals surface area contributed by atoms with E-state index in [0.717, 1.165) is 13.1 Å². The van der Waals surface area contributed by atoms with Gasteiger partial charge in [-0.15, -0.1) is 11.3 Å². The minimum Gasteiger partial charge on any atom is -0.475 e. The zero-order valence-electron chi connectivity index (χ0n) is 23.0. The number of nitrogens with zero attached hydrogens (tertiary/aromatic N) is 4. The highest BCUT2D eigenvalue weighted by atomic mass is 32.1. The Morgan fingerprint density at radius 2 is 1.70 bits per heavy atom. The lowest BCUT2D eigenvalue weighted by Gasteiger charge is -2.32. The topological polar surface area (TPSA) is 123 Å². The summed E-state index contributed by atoms with van der Waals surface area (Å²) in [5.74, 6) is 0.000675. The van der Waals surface area contributed by atoms with Gasteiger partial charge in [-0.1, -0.05) is 0 Å². The number of benzene rings is 1. The maximum Gasteiger partial charge on any atom is 0.311 e. The van der Waals surface area contributed by atoms with Crippen LogP contribution in [0, 0.1) is 0 Å². The molecule has 1 saturated heterocycles. The third-order valence-electron chi connectivity index (χ3n) is 5.91. The summed E-state index contributed by atoms with van der Waals surface area (Å²) in [6, 6.07) is 9.84. The van der Waals surface area contributed by atoms with Crippen LogP contribution in [-0.2, 0) is 16.0 Å². The normalized spacial score (nSPS) is 13.7. The smallest absolute Gasteiger partial charge is 0.311 e. The maximum absolute atomic E-state index is 13.1. The van der Waals surface area contributed by atoms with E-state index >= 15 is 0 Å². The molecular weight excluding hydrogens is 534 g/mol. The Hall–Kier alpha value is -4.03. The van der Waals surface area contributed by atoms with E-state index in [1.54, 1.807) is 36.6 Å². The number of esters is 1. The molecule has 1 aliphatic rings. The highest BCUT2D eigenvalue weighted by molar-refractivity contribution is 7.14. The molecule has 1 aliphatic heterocycles. The van der Waals surface area contributed by atoms with Gasteiger partial charge in [-0.05, 0) is 52.1 Å². The summed E-state index contributed by atoms with van der Waals surface area (Å²) in [6.45, 7) is 8.81. The Balaban J connectivity index is 1.46. The van der Waals surface area contributed by atoms with Gasteiger partial charge in [0.05, 0.1) is 30.4 Å². The van der Waals surface area contributed by atoms with Gasteiger partial charge in [0.25, 0.3) is 11.8 Å². The number of hydrogen-bond donors (Lipinski definition) is 1. The largest absolute Gasteiger partial charge is 0.475 e. The summed E-state index contributed by atoms with van der Waals surface area (Å²) in [4.78, 5) is 50.3. The Kier molecular flexibility index (Phi) is 9.67. The SMILES string of the molecule is CCOC(=O)Cc1csc(NC(=O)c2cc(Oc3ccc(C(=O)N4CCN(C)CC4)cc3)nc(OC(C)C)c2)n1. The van der Waals surface area contributed by atoms with Crippen molar-refractivity contribution in [3.63, 3.8) is 0 Å². The van der Waals surface area contributed by atoms with Crippen molar-refractivity contribution in [1.29, 1.82) is 0 Å². The highest BCUT2D eigenvalue weighted by Gasteiger charge is 2.21. The molecule has 1 fully saturated rings. The van der Waals surface area contributed by atoms with E-state index in [9.17, 15) is 14.4 Å². The first-order chi connectivity index (χ1) is 19.2. The second-order valence-corrected chi connectivity index (χ2v) is 10.4. The summed E-state index contributed by atoms with van der Waals surface area (Å²) in [7, 11) is 2.04. The first-order valence-corrected chi connectivity index (χ1v) is 13.9. The Bertz CT molecular complexity index is 1340. The molecule has 0 bridgehead atoms. The Labute approximate surface area is 237 Å². The molecule has 2 aromatic heterocycles. The number of carbonyl (C=O) groups excluding carboxylic acids is 3. The van der Waals surface area contributed by atoms with Crippen LogP contribution in [0.3, 0.4) is 0 Å². The molecule has 0 spiro atoms. The number of hydrogen-bond acceptors (Lipinski definition) is 10. The number of carbonyl (C=O) groups is 3. The molecule has 0 saturated carbocycles. The van der Waals surface area contributed by atoms with Crippen LogP contribution in [0.4, 0.5) is 5.13 Å². The molecule has 11 nitrogen and oxygen atoms in total. The van der Waals surface area contributed by atoms with Gasteiger partial charge in [0, 0.05) is 49.3 Å². The number of nitrogens with one attached hydrogen (secondary N) is 1. The van der Waals surface area contributed by atoms with Crippen molar-refractivity contribution in [3.05, 3.63) is 58.6 Å². The predicted octanol–water partition coefficient (Wildman–Crippen LogP) is 3.86. The molecule has 0 aliphatic carbocycles. The fraction of sp³-hybridized carbons (Fsp3) is 0.393. The standard InChI is InChI=1S/C28H33N5O6S/c1-5-37-25(34)16-21-17-40-28(29-21)31-26(35)20-14-23(38-18(2)3)30-24(15-20)39-22-8-6-19(7-9-22)27(36)33-12-10-32(4)11-13-33/h6-9,14-15,17-18H,5,10-13,16H2,1-4H3,(H,29,31,35). The molecule has 212 valence electrons. The molecule has 1 N–H and O–H groups in total. The first kappa shape index (κ1) is 29.0. The van der Waals surface area contributed by atoms with E-state index in [4.69, 9.17) is 14.2 Å². The van der Waals surface area contributed by atoms with Crippen molar-refractivity contribution < 1.29 is 28.6 Å². The monoisotopic (exact) mass is 567 g/mol. The number of thiazole rings is 1. The van der Waals surface area contributed by atoms with Crippen molar-refractivity contribution in [2.45, 2.75) is 33.3 Å². The van der Waals surface area contributed by atoms with Crippen molar-refractivity contribution in [3.8, 4) is 17.5 Å². The highest BCUT2D eigenvalue weighted by Crippen LogP contribution is 2.26. The lowest BCUT2D eigenvalue weighted by molar-refractivity contribution is -0.142. The van der Waals surface area contributed by atoms with Crippen LogP contribution in [0.25, 0.3) is 0 Å². The van der Waals surface area contributed by atoms with Crippen LogP contribution in [0.5, 0.6) is 17.5 Å². The van der Waals surface area contributed by atoms with E-state index in [1.807, 2.05) is 25.8 Å². The molecule has 2 amide bonds. The number of rotatable bonds is 10. The van der Waals surface area contributed by atoms with Crippen LogP contribution in [0.1, 0.15) is 47.2 Å².